The Labute approximate surface area is 89.3 Å². The van der Waals surface area contributed by atoms with Crippen LogP contribution in [0.2, 0.25) is 5.02 Å². The highest BCUT2D eigenvalue weighted by Crippen LogP contribution is 2.20. The predicted octanol–water partition coefficient (Wildman–Crippen LogP) is 2.88. The molecule has 3 heteroatoms. The summed E-state index contributed by atoms with van der Waals surface area (Å²) in [5, 5.41) is 3.27. The van der Waals surface area contributed by atoms with Crippen LogP contribution in [0.4, 0.5) is 4.39 Å². The van der Waals surface area contributed by atoms with Crippen LogP contribution in [0.1, 0.15) is 12.5 Å². The normalized spacial score (nSPS) is 12.9. The lowest BCUT2D eigenvalue weighted by Crippen LogP contribution is -2.18. The molecule has 0 aliphatic carbocycles. The fourth-order valence-corrected chi connectivity index (χ4v) is 1.70. The van der Waals surface area contributed by atoms with Crippen molar-refractivity contribution in [3.8, 4) is 0 Å². The van der Waals surface area contributed by atoms with Gasteiger partial charge in [-0.15, -0.1) is 0 Å². The lowest BCUT2D eigenvalue weighted by atomic mass is 10.0. The number of rotatable bonds is 4. The molecule has 0 radical (unpaired) electrons. The van der Waals surface area contributed by atoms with Crippen LogP contribution in [0, 0.1) is 11.7 Å². The van der Waals surface area contributed by atoms with Crippen LogP contribution in [0.5, 0.6) is 0 Å². The number of benzene rings is 1. The molecule has 0 aromatic heterocycles. The molecule has 1 rings (SSSR count). The van der Waals surface area contributed by atoms with E-state index in [1.54, 1.807) is 18.2 Å². The number of hydrogen-bond acceptors (Lipinski definition) is 1. The van der Waals surface area contributed by atoms with Crippen LogP contribution in [0.15, 0.2) is 18.2 Å². The standard InChI is InChI=1S/C11H15ClFN/c1-8(7-14-2)6-9-4-3-5-10(12)11(9)13/h3-5,8,14H,6-7H2,1-2H3. The van der Waals surface area contributed by atoms with Gasteiger partial charge in [0.15, 0.2) is 0 Å². The van der Waals surface area contributed by atoms with Gasteiger partial charge in [-0.3, -0.25) is 0 Å². The predicted molar refractivity (Wildman–Crippen MR) is 58.2 cm³/mol. The molecule has 0 amide bonds. The molecule has 1 atom stereocenters. The van der Waals surface area contributed by atoms with Crippen molar-refractivity contribution in [1.29, 1.82) is 0 Å². The third kappa shape index (κ3) is 2.96. The summed E-state index contributed by atoms with van der Waals surface area (Å²) < 4.78 is 13.4. The molecule has 0 heterocycles. The van der Waals surface area contributed by atoms with E-state index in [1.807, 2.05) is 7.05 Å². The van der Waals surface area contributed by atoms with E-state index in [4.69, 9.17) is 11.6 Å². The van der Waals surface area contributed by atoms with Crippen LogP contribution >= 0.6 is 11.6 Å². The van der Waals surface area contributed by atoms with Gasteiger partial charge < -0.3 is 5.32 Å². The zero-order valence-electron chi connectivity index (χ0n) is 8.48. The Kier molecular flexibility index (Phi) is 4.36. The van der Waals surface area contributed by atoms with Crippen molar-refractivity contribution in [3.63, 3.8) is 0 Å². The van der Waals surface area contributed by atoms with Gasteiger partial charge in [-0.05, 0) is 37.6 Å². The lowest BCUT2D eigenvalue weighted by Gasteiger charge is -2.11. The Bertz CT molecular complexity index is 301. The number of nitrogens with one attached hydrogen (secondary N) is 1. The van der Waals surface area contributed by atoms with Gasteiger partial charge in [0.05, 0.1) is 5.02 Å². The summed E-state index contributed by atoms with van der Waals surface area (Å²) in [6, 6.07) is 5.14. The molecular formula is C11H15ClFN. The molecule has 1 aromatic carbocycles. The van der Waals surface area contributed by atoms with Gasteiger partial charge >= 0.3 is 0 Å². The van der Waals surface area contributed by atoms with Crippen molar-refractivity contribution in [2.75, 3.05) is 13.6 Å². The minimum Gasteiger partial charge on any atom is -0.319 e. The van der Waals surface area contributed by atoms with Crippen molar-refractivity contribution in [3.05, 3.63) is 34.6 Å². The third-order valence-electron chi connectivity index (χ3n) is 2.15. The summed E-state index contributed by atoms with van der Waals surface area (Å²) in [4.78, 5) is 0. The maximum absolute atomic E-state index is 13.4. The van der Waals surface area contributed by atoms with Crippen LogP contribution in [-0.4, -0.2) is 13.6 Å². The minimum absolute atomic E-state index is 0.208. The first-order valence-corrected chi connectivity index (χ1v) is 5.10. The second kappa shape index (κ2) is 5.32. The summed E-state index contributed by atoms with van der Waals surface area (Å²) in [5.74, 6) is 0.130. The molecular weight excluding hydrogens is 201 g/mol. The molecule has 1 unspecified atom stereocenters. The van der Waals surface area contributed by atoms with E-state index in [1.165, 1.54) is 0 Å². The first-order chi connectivity index (χ1) is 6.65. The SMILES string of the molecule is CNCC(C)Cc1cccc(Cl)c1F. The number of hydrogen-bond donors (Lipinski definition) is 1. The van der Waals surface area contributed by atoms with Gasteiger partial charge in [-0.2, -0.15) is 0 Å². The molecule has 0 spiro atoms. The molecule has 1 aromatic rings. The van der Waals surface area contributed by atoms with Crippen molar-refractivity contribution in [2.45, 2.75) is 13.3 Å². The summed E-state index contributed by atoms with van der Waals surface area (Å²) >= 11 is 5.68. The summed E-state index contributed by atoms with van der Waals surface area (Å²) in [5.41, 5.74) is 0.695. The van der Waals surface area contributed by atoms with E-state index in [2.05, 4.69) is 12.2 Å². The molecule has 0 saturated heterocycles. The molecule has 78 valence electrons. The molecule has 0 bridgehead atoms. The number of halogens is 2. The van der Waals surface area contributed by atoms with E-state index in [-0.39, 0.29) is 10.8 Å². The maximum Gasteiger partial charge on any atom is 0.144 e. The van der Waals surface area contributed by atoms with Crippen molar-refractivity contribution >= 4 is 11.6 Å². The van der Waals surface area contributed by atoms with Gasteiger partial charge in [0.1, 0.15) is 5.82 Å². The second-order valence-electron chi connectivity index (χ2n) is 3.58. The molecule has 0 fully saturated rings. The third-order valence-corrected chi connectivity index (χ3v) is 2.44. The Balaban J connectivity index is 2.71. The van der Waals surface area contributed by atoms with Crippen molar-refractivity contribution in [1.82, 2.24) is 5.32 Å². The fraction of sp³-hybridized carbons (Fsp3) is 0.455. The largest absolute Gasteiger partial charge is 0.319 e. The Morgan fingerprint density at radius 2 is 2.21 bits per heavy atom. The molecule has 0 saturated carbocycles. The summed E-state index contributed by atoms with van der Waals surface area (Å²) in [6.45, 7) is 2.96. The van der Waals surface area contributed by atoms with Gasteiger partial charge in [0.25, 0.3) is 0 Å². The molecule has 1 nitrogen and oxygen atoms in total. The summed E-state index contributed by atoms with van der Waals surface area (Å²) in [6.07, 6.45) is 0.716. The first kappa shape index (κ1) is 11.5. The van der Waals surface area contributed by atoms with Gasteiger partial charge in [-0.1, -0.05) is 30.7 Å². The van der Waals surface area contributed by atoms with Crippen LogP contribution in [0.25, 0.3) is 0 Å². The van der Waals surface area contributed by atoms with E-state index in [9.17, 15) is 4.39 Å². The minimum atomic E-state index is -0.280. The maximum atomic E-state index is 13.4. The van der Waals surface area contributed by atoms with Crippen LogP contribution in [0.3, 0.4) is 0 Å². The highest BCUT2D eigenvalue weighted by molar-refractivity contribution is 6.30. The average Bonchev–Trinajstić information content (AvgIpc) is 2.13. The fourth-order valence-electron chi connectivity index (χ4n) is 1.50. The molecule has 0 aliphatic rings. The quantitative estimate of drug-likeness (QED) is 0.815. The van der Waals surface area contributed by atoms with E-state index in [0.717, 1.165) is 6.54 Å². The Hall–Kier alpha value is -0.600. The second-order valence-corrected chi connectivity index (χ2v) is 3.99. The summed E-state index contributed by atoms with van der Waals surface area (Å²) in [7, 11) is 1.89. The molecule has 1 N–H and O–H groups in total. The monoisotopic (exact) mass is 215 g/mol. The molecule has 14 heavy (non-hydrogen) atoms. The van der Waals surface area contributed by atoms with E-state index >= 15 is 0 Å². The Morgan fingerprint density at radius 3 is 2.86 bits per heavy atom. The smallest absolute Gasteiger partial charge is 0.144 e. The Morgan fingerprint density at radius 1 is 1.50 bits per heavy atom. The highest BCUT2D eigenvalue weighted by atomic mass is 35.5. The van der Waals surface area contributed by atoms with Gasteiger partial charge in [0, 0.05) is 0 Å². The highest BCUT2D eigenvalue weighted by Gasteiger charge is 2.09. The topological polar surface area (TPSA) is 12.0 Å². The van der Waals surface area contributed by atoms with E-state index in [0.29, 0.717) is 17.9 Å². The van der Waals surface area contributed by atoms with Crippen molar-refractivity contribution in [2.24, 2.45) is 5.92 Å². The van der Waals surface area contributed by atoms with Gasteiger partial charge in [0.2, 0.25) is 0 Å². The first-order valence-electron chi connectivity index (χ1n) is 4.72. The van der Waals surface area contributed by atoms with Crippen molar-refractivity contribution < 1.29 is 4.39 Å². The zero-order chi connectivity index (χ0) is 10.6. The average molecular weight is 216 g/mol. The van der Waals surface area contributed by atoms with Crippen LogP contribution < -0.4 is 5.32 Å². The van der Waals surface area contributed by atoms with E-state index < -0.39 is 0 Å². The zero-order valence-corrected chi connectivity index (χ0v) is 9.24. The lowest BCUT2D eigenvalue weighted by molar-refractivity contribution is 0.520. The van der Waals surface area contributed by atoms with Crippen LogP contribution in [-0.2, 0) is 6.42 Å². The molecule has 0 aliphatic heterocycles. The van der Waals surface area contributed by atoms with Gasteiger partial charge in [-0.25, -0.2) is 4.39 Å².